The smallest absolute Gasteiger partial charge is 0.272 e. The molecular weight excluding hydrogens is 657 g/mol. The first-order valence-corrected chi connectivity index (χ1v) is 18.0. The Morgan fingerprint density at radius 1 is 0.745 bits per heavy atom. The maximum absolute atomic E-state index is 13.7. The zero-order valence-corrected chi connectivity index (χ0v) is 29.6. The number of nitrogens with one attached hydrogen (secondary N) is 3. The molecule has 0 aliphatic rings. The average Bonchev–Trinajstić information content (AvgIpc) is 3.47. The first-order valence-electron chi connectivity index (χ1n) is 17.1. The molecule has 8 nitrogen and oxygen atoms in total. The Hall–Kier alpha value is -5.80. The van der Waals surface area contributed by atoms with Crippen LogP contribution in [0.4, 0.5) is 11.4 Å². The second-order valence-electron chi connectivity index (χ2n) is 11.9. The molecule has 0 aliphatic heterocycles. The zero-order valence-electron chi connectivity index (χ0n) is 28.8. The minimum absolute atomic E-state index is 0.0795. The van der Waals surface area contributed by atoms with Crippen LogP contribution >= 0.6 is 11.8 Å². The van der Waals surface area contributed by atoms with E-state index in [1.807, 2.05) is 86.6 Å². The van der Waals surface area contributed by atoms with Crippen molar-refractivity contribution in [3.63, 3.8) is 0 Å². The second-order valence-corrected chi connectivity index (χ2v) is 13.1. The fraction of sp³-hybridized carbons (Fsp3) is 0.167. The van der Waals surface area contributed by atoms with E-state index in [1.165, 1.54) is 17.3 Å². The first kappa shape index (κ1) is 35.0. The Kier molecular flexibility index (Phi) is 11.2. The van der Waals surface area contributed by atoms with Crippen LogP contribution in [0.15, 0.2) is 132 Å². The monoisotopic (exact) mass is 696 g/mol. The molecule has 258 valence electrons. The predicted octanol–water partition coefficient (Wildman–Crippen LogP) is 9.13. The Bertz CT molecular complexity index is 2210. The summed E-state index contributed by atoms with van der Waals surface area (Å²) in [7, 11) is 0. The molecule has 6 aromatic rings. The summed E-state index contributed by atoms with van der Waals surface area (Å²) >= 11 is 1.43. The molecule has 1 aromatic heterocycles. The normalized spacial score (nSPS) is 12.0. The summed E-state index contributed by atoms with van der Waals surface area (Å²) in [6.07, 6.45) is 2.23. The summed E-state index contributed by atoms with van der Waals surface area (Å²) in [5.74, 6) is -0.275. The molecule has 1 unspecified atom stereocenters. The van der Waals surface area contributed by atoms with E-state index in [2.05, 4.69) is 45.6 Å². The third kappa shape index (κ3) is 8.33. The molecule has 0 saturated carbocycles. The minimum atomic E-state index is -0.486. The van der Waals surface area contributed by atoms with Crippen LogP contribution in [0, 0.1) is 0 Å². The van der Waals surface area contributed by atoms with Gasteiger partial charge in [-0.3, -0.25) is 14.4 Å². The highest BCUT2D eigenvalue weighted by Crippen LogP contribution is 2.32. The molecular formula is C42H40N4O4S. The molecule has 0 spiro atoms. The van der Waals surface area contributed by atoms with Crippen molar-refractivity contribution in [1.29, 1.82) is 0 Å². The van der Waals surface area contributed by atoms with Crippen molar-refractivity contribution < 1.29 is 19.1 Å². The number of hydrogen-bond acceptors (Lipinski definition) is 5. The van der Waals surface area contributed by atoms with Gasteiger partial charge in [0.15, 0.2) is 0 Å². The van der Waals surface area contributed by atoms with Crippen molar-refractivity contribution in [2.75, 3.05) is 17.2 Å². The summed E-state index contributed by atoms with van der Waals surface area (Å²) in [5.41, 5.74) is 4.81. The lowest BCUT2D eigenvalue weighted by molar-refractivity contribution is -0.116. The number of fused-ring (bicyclic) bond motifs is 3. The fourth-order valence-corrected chi connectivity index (χ4v) is 6.98. The summed E-state index contributed by atoms with van der Waals surface area (Å²) in [6, 6.07) is 37.7. The number of hydrogen-bond donors (Lipinski definition) is 3. The lowest BCUT2D eigenvalue weighted by Crippen LogP contribution is -2.30. The number of benzene rings is 5. The maximum Gasteiger partial charge on any atom is 0.272 e. The third-order valence-corrected chi connectivity index (χ3v) is 9.78. The van der Waals surface area contributed by atoms with Gasteiger partial charge in [-0.15, -0.1) is 11.8 Å². The number of rotatable bonds is 13. The van der Waals surface area contributed by atoms with E-state index in [0.29, 0.717) is 35.6 Å². The van der Waals surface area contributed by atoms with Gasteiger partial charge in [-0.25, -0.2) is 0 Å². The van der Waals surface area contributed by atoms with Gasteiger partial charge in [0.2, 0.25) is 5.91 Å². The van der Waals surface area contributed by atoms with Crippen LogP contribution in [0.1, 0.15) is 43.1 Å². The molecule has 0 aliphatic carbocycles. The number of carbonyl (C=O) groups excluding carboxylic acids is 3. The Labute approximate surface area is 301 Å². The van der Waals surface area contributed by atoms with E-state index in [9.17, 15) is 14.4 Å². The quantitative estimate of drug-likeness (QED) is 0.0826. The number of aryl methyl sites for hydroxylation is 1. The average molecular weight is 697 g/mol. The van der Waals surface area contributed by atoms with Gasteiger partial charge in [-0.2, -0.15) is 0 Å². The second kappa shape index (κ2) is 16.3. The van der Waals surface area contributed by atoms with Gasteiger partial charge in [0, 0.05) is 50.2 Å². The Balaban J connectivity index is 1.17. The van der Waals surface area contributed by atoms with E-state index >= 15 is 0 Å². The molecule has 1 heterocycles. The first-order chi connectivity index (χ1) is 24.9. The number of nitrogens with zero attached hydrogens (tertiary/aromatic N) is 1. The molecule has 5 aromatic carbocycles. The highest BCUT2D eigenvalue weighted by atomic mass is 32.2. The number of para-hydroxylation sites is 1. The SMILES string of the molecule is CCOc1ccc(/C=C(/NC(=O)c2ccccc2)C(=O)Nc2cccc(SC(CC)C(=O)Nc3ccc4c(c3)c3ccccc3n4CC)c2)cc1. The van der Waals surface area contributed by atoms with E-state index < -0.39 is 11.8 Å². The number of thioether (sulfide) groups is 1. The van der Waals surface area contributed by atoms with Gasteiger partial charge in [-0.1, -0.05) is 61.5 Å². The Morgan fingerprint density at radius 2 is 1.47 bits per heavy atom. The molecule has 51 heavy (non-hydrogen) atoms. The van der Waals surface area contributed by atoms with Crippen LogP contribution < -0.4 is 20.7 Å². The largest absolute Gasteiger partial charge is 0.494 e. The zero-order chi connectivity index (χ0) is 35.7. The molecule has 9 heteroatoms. The molecule has 0 radical (unpaired) electrons. The van der Waals surface area contributed by atoms with E-state index in [-0.39, 0.29) is 16.9 Å². The van der Waals surface area contributed by atoms with Crippen molar-refractivity contribution in [2.24, 2.45) is 0 Å². The van der Waals surface area contributed by atoms with E-state index in [1.54, 1.807) is 36.4 Å². The minimum Gasteiger partial charge on any atom is -0.494 e. The number of amides is 3. The van der Waals surface area contributed by atoms with Gasteiger partial charge in [-0.05, 0) is 98.6 Å². The highest BCUT2D eigenvalue weighted by Gasteiger charge is 2.20. The van der Waals surface area contributed by atoms with Crippen molar-refractivity contribution in [3.8, 4) is 5.75 Å². The van der Waals surface area contributed by atoms with Crippen molar-refractivity contribution in [1.82, 2.24) is 9.88 Å². The van der Waals surface area contributed by atoms with Crippen LogP contribution in [0.5, 0.6) is 5.75 Å². The molecule has 0 bridgehead atoms. The van der Waals surface area contributed by atoms with Crippen molar-refractivity contribution >= 4 is 68.7 Å². The van der Waals surface area contributed by atoms with Crippen molar-refractivity contribution in [3.05, 3.63) is 138 Å². The van der Waals surface area contributed by atoms with Crippen LogP contribution in [0.2, 0.25) is 0 Å². The lowest BCUT2D eigenvalue weighted by Gasteiger charge is -2.16. The number of ether oxygens (including phenoxy) is 1. The van der Waals surface area contributed by atoms with Gasteiger partial charge in [0.1, 0.15) is 11.4 Å². The molecule has 1 atom stereocenters. The molecule has 6 rings (SSSR count). The summed E-state index contributed by atoms with van der Waals surface area (Å²) in [4.78, 5) is 41.1. The topological polar surface area (TPSA) is 101 Å². The van der Waals surface area contributed by atoms with E-state index in [4.69, 9.17) is 4.74 Å². The van der Waals surface area contributed by atoms with Gasteiger partial charge in [0.05, 0.1) is 11.9 Å². The van der Waals surface area contributed by atoms with Crippen LogP contribution in [0.25, 0.3) is 27.9 Å². The standard InChI is InChI=1S/C42H40N4O4S/c1-4-39(42(49)44-31-21-24-38-35(27-31)34-17-10-11-18-37(34)46(38)5-2)51-33-16-12-15-30(26-33)43-41(48)36(45-40(47)29-13-8-7-9-14-29)25-28-19-22-32(23-20-28)50-6-3/h7-27,39H,4-6H2,1-3H3,(H,43,48)(H,44,49)(H,45,47)/b36-25+. The fourth-order valence-electron chi connectivity index (χ4n) is 5.96. The van der Waals surface area contributed by atoms with Crippen LogP contribution in [-0.2, 0) is 16.1 Å². The summed E-state index contributed by atoms with van der Waals surface area (Å²) in [5, 5.41) is 10.7. The number of anilines is 2. The molecule has 3 N–H and O–H groups in total. The molecule has 3 amide bonds. The summed E-state index contributed by atoms with van der Waals surface area (Å²) < 4.78 is 7.82. The summed E-state index contributed by atoms with van der Waals surface area (Å²) in [6.45, 7) is 7.42. The maximum atomic E-state index is 13.7. The Morgan fingerprint density at radius 3 is 2.22 bits per heavy atom. The molecule has 0 saturated heterocycles. The number of aromatic nitrogens is 1. The van der Waals surface area contributed by atoms with Crippen LogP contribution in [0.3, 0.4) is 0 Å². The van der Waals surface area contributed by atoms with Gasteiger partial charge in [0.25, 0.3) is 11.8 Å². The van der Waals surface area contributed by atoms with Crippen molar-refractivity contribution in [2.45, 2.75) is 43.9 Å². The lowest BCUT2D eigenvalue weighted by atomic mass is 10.1. The van der Waals surface area contributed by atoms with Gasteiger partial charge < -0.3 is 25.3 Å². The predicted molar refractivity (Wildman–Crippen MR) is 208 cm³/mol. The third-order valence-electron chi connectivity index (χ3n) is 8.42. The van der Waals surface area contributed by atoms with Crippen LogP contribution in [-0.4, -0.2) is 34.1 Å². The van der Waals surface area contributed by atoms with Gasteiger partial charge >= 0.3 is 0 Å². The highest BCUT2D eigenvalue weighted by molar-refractivity contribution is 8.00. The molecule has 0 fully saturated rings. The number of carbonyl (C=O) groups is 3. The van der Waals surface area contributed by atoms with E-state index in [0.717, 1.165) is 33.4 Å².